The molecule has 1 atom stereocenters. The number of hydrogen-bond acceptors (Lipinski definition) is 3. The molecule has 2 aromatic rings. The van der Waals surface area contributed by atoms with Crippen molar-refractivity contribution >= 4 is 11.6 Å². The van der Waals surface area contributed by atoms with Crippen LogP contribution in [-0.2, 0) is 11.3 Å². The van der Waals surface area contributed by atoms with E-state index in [4.69, 9.17) is 0 Å². The van der Waals surface area contributed by atoms with Crippen molar-refractivity contribution in [1.82, 2.24) is 10.2 Å². The fraction of sp³-hybridized carbons (Fsp3) is 0.350. The van der Waals surface area contributed by atoms with Gasteiger partial charge in [0.15, 0.2) is 0 Å². The smallest absolute Gasteiger partial charge is 0.236 e. The first-order valence-electron chi connectivity index (χ1n) is 8.26. The Morgan fingerprint density at radius 3 is 2.21 bits per heavy atom. The molecule has 0 bridgehead atoms. The lowest BCUT2D eigenvalue weighted by Crippen LogP contribution is -2.36. The summed E-state index contributed by atoms with van der Waals surface area (Å²) in [4.78, 5) is 16.1. The second-order valence-electron chi connectivity index (χ2n) is 6.32. The van der Waals surface area contributed by atoms with Gasteiger partial charge in [-0.2, -0.15) is 0 Å². The third-order valence-electron chi connectivity index (χ3n) is 4.16. The Bertz CT molecular complexity index is 638. The molecular formula is C20H27N3O. The van der Waals surface area contributed by atoms with Crippen molar-refractivity contribution in [3.8, 4) is 0 Å². The van der Waals surface area contributed by atoms with Gasteiger partial charge in [-0.25, -0.2) is 0 Å². The molecule has 2 rings (SSSR count). The van der Waals surface area contributed by atoms with E-state index in [1.165, 1.54) is 5.56 Å². The van der Waals surface area contributed by atoms with E-state index in [-0.39, 0.29) is 11.9 Å². The molecule has 1 amide bonds. The lowest BCUT2D eigenvalue weighted by atomic mass is 10.1. The van der Waals surface area contributed by atoms with Gasteiger partial charge in [-0.3, -0.25) is 4.79 Å². The highest BCUT2D eigenvalue weighted by atomic mass is 16.2. The summed E-state index contributed by atoms with van der Waals surface area (Å²) in [6.45, 7) is 3.03. The number of carbonyl (C=O) groups is 1. The average molecular weight is 325 g/mol. The van der Waals surface area contributed by atoms with E-state index in [0.717, 1.165) is 11.3 Å². The summed E-state index contributed by atoms with van der Waals surface area (Å²) >= 11 is 0. The number of nitrogens with zero attached hydrogens (tertiary/aromatic N) is 2. The van der Waals surface area contributed by atoms with Gasteiger partial charge in [0, 0.05) is 39.4 Å². The molecule has 1 N–H and O–H groups in total. The van der Waals surface area contributed by atoms with E-state index in [2.05, 4.69) is 53.5 Å². The predicted octanol–water partition coefficient (Wildman–Crippen LogP) is 3.06. The second kappa shape index (κ2) is 8.50. The molecule has 0 spiro atoms. The van der Waals surface area contributed by atoms with Crippen molar-refractivity contribution in [1.29, 1.82) is 0 Å². The highest BCUT2D eigenvalue weighted by Gasteiger charge is 2.11. The van der Waals surface area contributed by atoms with Crippen molar-refractivity contribution in [2.24, 2.45) is 0 Å². The van der Waals surface area contributed by atoms with E-state index in [1.54, 1.807) is 4.90 Å². The monoisotopic (exact) mass is 325 g/mol. The summed E-state index contributed by atoms with van der Waals surface area (Å²) in [5.74, 6) is 0.0921. The maximum atomic E-state index is 12.3. The molecule has 0 aliphatic heterocycles. The zero-order valence-corrected chi connectivity index (χ0v) is 15.0. The maximum Gasteiger partial charge on any atom is 0.236 e. The average Bonchev–Trinajstić information content (AvgIpc) is 2.60. The lowest BCUT2D eigenvalue weighted by molar-refractivity contribution is -0.129. The second-order valence-corrected chi connectivity index (χ2v) is 6.32. The van der Waals surface area contributed by atoms with E-state index < -0.39 is 0 Å². The Balaban J connectivity index is 1.83. The number of amides is 1. The Labute approximate surface area is 145 Å². The molecule has 4 heteroatoms. The van der Waals surface area contributed by atoms with Crippen molar-refractivity contribution in [3.63, 3.8) is 0 Å². The molecule has 0 saturated carbocycles. The largest absolute Gasteiger partial charge is 0.378 e. The van der Waals surface area contributed by atoms with E-state index in [9.17, 15) is 4.79 Å². The maximum absolute atomic E-state index is 12.3. The van der Waals surface area contributed by atoms with Crippen molar-refractivity contribution in [3.05, 3.63) is 65.7 Å². The Morgan fingerprint density at radius 2 is 1.62 bits per heavy atom. The highest BCUT2D eigenvalue weighted by Crippen LogP contribution is 2.14. The van der Waals surface area contributed by atoms with Crippen LogP contribution in [0.15, 0.2) is 54.6 Å². The molecule has 0 fully saturated rings. The van der Waals surface area contributed by atoms with Crippen molar-refractivity contribution in [2.75, 3.05) is 32.6 Å². The normalized spacial score (nSPS) is 11.8. The molecule has 4 nitrogen and oxygen atoms in total. The van der Waals surface area contributed by atoms with Gasteiger partial charge < -0.3 is 15.1 Å². The third-order valence-corrected chi connectivity index (χ3v) is 4.16. The van der Waals surface area contributed by atoms with Gasteiger partial charge in [-0.1, -0.05) is 42.5 Å². The van der Waals surface area contributed by atoms with Crippen LogP contribution in [-0.4, -0.2) is 38.5 Å². The van der Waals surface area contributed by atoms with Crippen LogP contribution >= 0.6 is 0 Å². The van der Waals surface area contributed by atoms with Gasteiger partial charge in [0.25, 0.3) is 0 Å². The molecule has 0 aromatic heterocycles. The fourth-order valence-electron chi connectivity index (χ4n) is 2.50. The number of likely N-dealkylation sites (N-methyl/N-ethyl adjacent to an activating group) is 1. The van der Waals surface area contributed by atoms with Crippen LogP contribution in [0.2, 0.25) is 0 Å². The first kappa shape index (κ1) is 18.0. The molecule has 0 heterocycles. The van der Waals surface area contributed by atoms with Crippen LogP contribution in [0.25, 0.3) is 0 Å². The summed E-state index contributed by atoms with van der Waals surface area (Å²) in [7, 11) is 5.88. The minimum Gasteiger partial charge on any atom is -0.378 e. The minimum absolute atomic E-state index is 0.0921. The number of carbonyl (C=O) groups excluding carboxylic acids is 1. The number of nitrogens with one attached hydrogen (secondary N) is 1. The summed E-state index contributed by atoms with van der Waals surface area (Å²) < 4.78 is 0. The lowest BCUT2D eigenvalue weighted by Gasteiger charge is -2.20. The van der Waals surface area contributed by atoms with Crippen molar-refractivity contribution < 1.29 is 4.79 Å². The Kier molecular flexibility index (Phi) is 6.38. The first-order chi connectivity index (χ1) is 11.5. The molecule has 24 heavy (non-hydrogen) atoms. The summed E-state index contributed by atoms with van der Waals surface area (Å²) in [5.41, 5.74) is 3.48. The number of hydrogen-bond donors (Lipinski definition) is 1. The topological polar surface area (TPSA) is 35.6 Å². The van der Waals surface area contributed by atoms with Crippen LogP contribution in [0.1, 0.15) is 24.1 Å². The zero-order chi connectivity index (χ0) is 17.5. The highest BCUT2D eigenvalue weighted by molar-refractivity contribution is 5.78. The first-order valence-corrected chi connectivity index (χ1v) is 8.26. The number of rotatable bonds is 7. The van der Waals surface area contributed by atoms with Crippen LogP contribution in [0, 0.1) is 0 Å². The molecule has 0 aliphatic carbocycles. The molecule has 128 valence electrons. The van der Waals surface area contributed by atoms with E-state index in [0.29, 0.717) is 13.1 Å². The third kappa shape index (κ3) is 5.10. The van der Waals surface area contributed by atoms with Gasteiger partial charge in [-0.05, 0) is 30.2 Å². The summed E-state index contributed by atoms with van der Waals surface area (Å²) in [6.07, 6.45) is 0. The predicted molar refractivity (Wildman–Crippen MR) is 100 cm³/mol. The summed E-state index contributed by atoms with van der Waals surface area (Å²) in [5, 5.41) is 3.29. The molecule has 2 aromatic carbocycles. The van der Waals surface area contributed by atoms with Crippen LogP contribution in [0.4, 0.5) is 5.69 Å². The van der Waals surface area contributed by atoms with E-state index >= 15 is 0 Å². The van der Waals surface area contributed by atoms with Crippen LogP contribution < -0.4 is 10.2 Å². The van der Waals surface area contributed by atoms with Gasteiger partial charge in [0.2, 0.25) is 5.91 Å². The fourth-order valence-corrected chi connectivity index (χ4v) is 2.50. The van der Waals surface area contributed by atoms with Gasteiger partial charge in [0.1, 0.15) is 0 Å². The quantitative estimate of drug-likeness (QED) is 0.850. The van der Waals surface area contributed by atoms with Crippen molar-refractivity contribution in [2.45, 2.75) is 19.5 Å². The summed E-state index contributed by atoms with van der Waals surface area (Å²) in [6, 6.07) is 18.6. The van der Waals surface area contributed by atoms with Crippen LogP contribution in [0.3, 0.4) is 0 Å². The van der Waals surface area contributed by atoms with Gasteiger partial charge in [-0.15, -0.1) is 0 Å². The van der Waals surface area contributed by atoms with E-state index in [1.807, 2.05) is 39.3 Å². The number of benzene rings is 2. The molecule has 0 saturated heterocycles. The molecular weight excluding hydrogens is 298 g/mol. The molecule has 0 aliphatic rings. The van der Waals surface area contributed by atoms with Gasteiger partial charge in [0.05, 0.1) is 6.54 Å². The minimum atomic E-state index is 0.0921. The van der Waals surface area contributed by atoms with Crippen LogP contribution in [0.5, 0.6) is 0 Å². The SMILES string of the molecule is C[C@@H](NCC(=O)N(C)Cc1ccc(N(C)C)cc1)c1ccccc1. The van der Waals surface area contributed by atoms with Gasteiger partial charge >= 0.3 is 0 Å². The molecule has 0 unspecified atom stereocenters. The number of anilines is 1. The standard InChI is InChI=1S/C20H27N3O/c1-16(18-8-6-5-7-9-18)21-14-20(24)23(4)15-17-10-12-19(13-11-17)22(2)3/h5-13,16,21H,14-15H2,1-4H3/t16-/m1/s1. The molecule has 0 radical (unpaired) electrons. The zero-order valence-electron chi connectivity index (χ0n) is 15.0. The Hall–Kier alpha value is -2.33. The Morgan fingerprint density at radius 1 is 1.00 bits per heavy atom.